The standard InChI is InChI=1S/C20H32N6O/c1-23(2)17-7-10-21-19(22-17)26-13-12-24(3)20(15-26)8-6-18(27)25(11-9-20)14-16-4-5-16/h7,10,16H,4-6,8-9,11-15H2,1-3H3. The number of amides is 1. The average Bonchev–Trinajstić information content (AvgIpc) is 3.50. The molecule has 7 heteroatoms. The third kappa shape index (κ3) is 3.88. The van der Waals surface area contributed by atoms with Gasteiger partial charge >= 0.3 is 0 Å². The Hall–Kier alpha value is -1.89. The van der Waals surface area contributed by atoms with Gasteiger partial charge in [0.25, 0.3) is 0 Å². The van der Waals surface area contributed by atoms with E-state index in [2.05, 4.69) is 26.7 Å². The first-order chi connectivity index (χ1) is 13.0. The topological polar surface area (TPSA) is 55.8 Å². The second kappa shape index (κ2) is 7.26. The molecule has 4 rings (SSSR count). The van der Waals surface area contributed by atoms with Gasteiger partial charge in [-0.1, -0.05) is 0 Å². The average molecular weight is 373 g/mol. The molecule has 1 unspecified atom stereocenters. The van der Waals surface area contributed by atoms with Crippen molar-refractivity contribution in [1.82, 2.24) is 19.8 Å². The predicted molar refractivity (Wildman–Crippen MR) is 107 cm³/mol. The van der Waals surface area contributed by atoms with Crippen LogP contribution < -0.4 is 9.80 Å². The molecule has 27 heavy (non-hydrogen) atoms. The van der Waals surface area contributed by atoms with Gasteiger partial charge in [0.05, 0.1) is 0 Å². The summed E-state index contributed by atoms with van der Waals surface area (Å²) in [7, 11) is 6.22. The number of piperazine rings is 1. The maximum absolute atomic E-state index is 12.6. The minimum atomic E-state index is 0.0314. The zero-order valence-corrected chi connectivity index (χ0v) is 16.9. The van der Waals surface area contributed by atoms with Crippen molar-refractivity contribution in [3.05, 3.63) is 12.3 Å². The highest BCUT2D eigenvalue weighted by Gasteiger charge is 2.43. The number of aromatic nitrogens is 2. The van der Waals surface area contributed by atoms with Crippen LogP contribution in [0.25, 0.3) is 0 Å². The molecule has 3 heterocycles. The molecular formula is C20H32N6O. The summed E-state index contributed by atoms with van der Waals surface area (Å²) < 4.78 is 0. The van der Waals surface area contributed by atoms with Gasteiger partial charge in [0.2, 0.25) is 11.9 Å². The Kier molecular flexibility index (Phi) is 4.97. The van der Waals surface area contributed by atoms with Gasteiger partial charge in [0.1, 0.15) is 5.82 Å². The summed E-state index contributed by atoms with van der Waals surface area (Å²) in [5.74, 6) is 2.83. The van der Waals surface area contributed by atoms with Gasteiger partial charge in [-0.05, 0) is 44.7 Å². The fourth-order valence-electron chi connectivity index (χ4n) is 4.41. The lowest BCUT2D eigenvalue weighted by Crippen LogP contribution is -2.61. The lowest BCUT2D eigenvalue weighted by Gasteiger charge is -2.49. The van der Waals surface area contributed by atoms with Crippen LogP contribution in [0.4, 0.5) is 11.8 Å². The van der Waals surface area contributed by atoms with Crippen LogP contribution in [0.3, 0.4) is 0 Å². The molecule has 0 aromatic carbocycles. The minimum absolute atomic E-state index is 0.0314. The number of likely N-dealkylation sites (tertiary alicyclic amines) is 1. The monoisotopic (exact) mass is 372 g/mol. The summed E-state index contributed by atoms with van der Waals surface area (Å²) >= 11 is 0. The molecule has 1 aliphatic carbocycles. The van der Waals surface area contributed by atoms with E-state index < -0.39 is 0 Å². The van der Waals surface area contributed by atoms with Gasteiger partial charge in [-0.3, -0.25) is 9.69 Å². The van der Waals surface area contributed by atoms with Gasteiger partial charge in [-0.15, -0.1) is 0 Å². The Morgan fingerprint density at radius 3 is 2.78 bits per heavy atom. The Labute approximate surface area is 162 Å². The second-order valence-corrected chi connectivity index (χ2v) is 8.71. The number of hydrogen-bond donors (Lipinski definition) is 0. The Balaban J connectivity index is 1.51. The molecule has 1 spiro atoms. The van der Waals surface area contributed by atoms with E-state index in [0.29, 0.717) is 12.3 Å². The highest BCUT2D eigenvalue weighted by atomic mass is 16.2. The summed E-state index contributed by atoms with van der Waals surface area (Å²) in [4.78, 5) is 30.9. The van der Waals surface area contributed by atoms with E-state index in [-0.39, 0.29) is 5.54 Å². The van der Waals surface area contributed by atoms with Crippen molar-refractivity contribution in [1.29, 1.82) is 0 Å². The van der Waals surface area contributed by atoms with Crippen LogP contribution in [0.2, 0.25) is 0 Å². The third-order valence-electron chi connectivity index (χ3n) is 6.55. The van der Waals surface area contributed by atoms with Crippen LogP contribution >= 0.6 is 0 Å². The van der Waals surface area contributed by atoms with Crippen molar-refractivity contribution in [2.24, 2.45) is 5.92 Å². The minimum Gasteiger partial charge on any atom is -0.363 e. The maximum Gasteiger partial charge on any atom is 0.227 e. The summed E-state index contributed by atoms with van der Waals surface area (Å²) in [6.07, 6.45) is 7.05. The summed E-state index contributed by atoms with van der Waals surface area (Å²) in [6, 6.07) is 1.94. The number of carbonyl (C=O) groups excluding carboxylic acids is 1. The fourth-order valence-corrected chi connectivity index (χ4v) is 4.41. The molecule has 0 N–H and O–H groups in total. The molecule has 0 radical (unpaired) electrons. The van der Waals surface area contributed by atoms with Crippen LogP contribution in [0.1, 0.15) is 32.1 Å². The van der Waals surface area contributed by atoms with E-state index in [1.807, 2.05) is 31.3 Å². The number of anilines is 2. The van der Waals surface area contributed by atoms with Gasteiger partial charge in [0, 0.05) is 65.0 Å². The first-order valence-corrected chi connectivity index (χ1v) is 10.2. The first-order valence-electron chi connectivity index (χ1n) is 10.2. The summed E-state index contributed by atoms with van der Waals surface area (Å²) in [5, 5.41) is 0. The van der Waals surface area contributed by atoms with E-state index in [4.69, 9.17) is 4.98 Å². The molecule has 3 aliphatic rings. The van der Waals surface area contributed by atoms with Crippen molar-refractivity contribution in [2.75, 3.05) is 63.7 Å². The first kappa shape index (κ1) is 18.5. The van der Waals surface area contributed by atoms with E-state index in [1.165, 1.54) is 12.8 Å². The van der Waals surface area contributed by atoms with E-state index in [1.54, 1.807) is 0 Å². The highest BCUT2D eigenvalue weighted by molar-refractivity contribution is 5.76. The van der Waals surface area contributed by atoms with E-state index in [0.717, 1.165) is 63.2 Å². The van der Waals surface area contributed by atoms with Crippen molar-refractivity contribution in [2.45, 2.75) is 37.6 Å². The highest BCUT2D eigenvalue weighted by Crippen LogP contribution is 2.35. The normalized spacial score (nSPS) is 27.1. The summed E-state index contributed by atoms with van der Waals surface area (Å²) in [5.41, 5.74) is 0.0314. The molecule has 1 aromatic rings. The van der Waals surface area contributed by atoms with Gasteiger partial charge in [0.15, 0.2) is 0 Å². The SMILES string of the molecule is CN(C)c1ccnc(N2CCN(C)C3(CCC(=O)N(CC4CC4)CC3)C2)n1. The Morgan fingerprint density at radius 1 is 1.22 bits per heavy atom. The predicted octanol–water partition coefficient (Wildman–Crippen LogP) is 1.46. The second-order valence-electron chi connectivity index (χ2n) is 8.71. The largest absolute Gasteiger partial charge is 0.363 e. The molecule has 2 aliphatic heterocycles. The number of carbonyl (C=O) groups is 1. The van der Waals surface area contributed by atoms with Crippen LogP contribution in [0.15, 0.2) is 12.3 Å². The van der Waals surface area contributed by atoms with Crippen molar-refractivity contribution in [3.8, 4) is 0 Å². The van der Waals surface area contributed by atoms with E-state index in [9.17, 15) is 4.79 Å². The van der Waals surface area contributed by atoms with Gasteiger partial charge in [-0.2, -0.15) is 4.98 Å². The zero-order chi connectivity index (χ0) is 19.0. The maximum atomic E-state index is 12.6. The summed E-state index contributed by atoms with van der Waals surface area (Å²) in [6.45, 7) is 4.65. The molecule has 1 aromatic heterocycles. The third-order valence-corrected chi connectivity index (χ3v) is 6.55. The Bertz CT molecular complexity index is 691. The van der Waals surface area contributed by atoms with Crippen LogP contribution in [-0.2, 0) is 4.79 Å². The molecule has 1 amide bonds. The van der Waals surface area contributed by atoms with Crippen LogP contribution in [0.5, 0.6) is 0 Å². The number of likely N-dealkylation sites (N-methyl/N-ethyl adjacent to an activating group) is 1. The van der Waals surface area contributed by atoms with E-state index >= 15 is 0 Å². The molecule has 148 valence electrons. The number of rotatable bonds is 4. The van der Waals surface area contributed by atoms with Crippen molar-refractivity contribution < 1.29 is 4.79 Å². The smallest absolute Gasteiger partial charge is 0.227 e. The number of hydrogen-bond acceptors (Lipinski definition) is 6. The number of nitrogens with zero attached hydrogens (tertiary/aromatic N) is 6. The van der Waals surface area contributed by atoms with Crippen LogP contribution in [-0.4, -0.2) is 85.1 Å². The molecule has 1 atom stereocenters. The lowest BCUT2D eigenvalue weighted by molar-refractivity contribution is -0.130. The van der Waals surface area contributed by atoms with Gasteiger partial charge in [-0.25, -0.2) is 4.98 Å². The molecule has 3 fully saturated rings. The molecule has 1 saturated carbocycles. The molecule has 0 bridgehead atoms. The van der Waals surface area contributed by atoms with Crippen molar-refractivity contribution >= 4 is 17.7 Å². The Morgan fingerprint density at radius 2 is 2.04 bits per heavy atom. The molecule has 2 saturated heterocycles. The molecular weight excluding hydrogens is 340 g/mol. The van der Waals surface area contributed by atoms with Crippen molar-refractivity contribution in [3.63, 3.8) is 0 Å². The zero-order valence-electron chi connectivity index (χ0n) is 16.9. The quantitative estimate of drug-likeness (QED) is 0.798. The fraction of sp³-hybridized carbons (Fsp3) is 0.750. The molecule has 7 nitrogen and oxygen atoms in total. The van der Waals surface area contributed by atoms with Gasteiger partial charge < -0.3 is 14.7 Å². The lowest BCUT2D eigenvalue weighted by atomic mass is 9.86. The van der Waals surface area contributed by atoms with Crippen LogP contribution in [0, 0.1) is 5.92 Å².